The largest absolute Gasteiger partial charge is 0.473 e. The van der Waals surface area contributed by atoms with Crippen molar-refractivity contribution >= 4 is 23.5 Å². The first-order chi connectivity index (χ1) is 8.91. The monoisotopic (exact) mass is 285 g/mol. The first-order valence-electron chi connectivity index (χ1n) is 5.89. The molecule has 2 rings (SSSR count). The lowest BCUT2D eigenvalue weighted by atomic mass is 9.95. The Bertz CT molecular complexity index is 434. The molecule has 0 bridgehead atoms. The standard InChI is InChI=1S/C11H14ClN.C2H2O4/c12-9-6-4-8(5-7-9)10-2-1-3-11(10)13;3-1(4)2(5)6/h4-7,10-11H,1-3,13H2;(H,3,4)(H,5,6). The van der Waals surface area contributed by atoms with Crippen LogP contribution in [0.5, 0.6) is 0 Å². The number of hydrogen-bond acceptors (Lipinski definition) is 3. The minimum absolute atomic E-state index is 0.348. The molecule has 1 aliphatic carbocycles. The van der Waals surface area contributed by atoms with Crippen molar-refractivity contribution in [3.8, 4) is 0 Å². The average molecular weight is 286 g/mol. The van der Waals surface area contributed by atoms with Crippen molar-refractivity contribution in [3.05, 3.63) is 34.9 Å². The SMILES string of the molecule is NC1CCCC1c1ccc(Cl)cc1.O=C(O)C(=O)O. The van der Waals surface area contributed by atoms with Crippen LogP contribution in [-0.4, -0.2) is 28.2 Å². The van der Waals surface area contributed by atoms with Gasteiger partial charge < -0.3 is 15.9 Å². The molecular weight excluding hydrogens is 270 g/mol. The van der Waals surface area contributed by atoms with E-state index < -0.39 is 11.9 Å². The maximum absolute atomic E-state index is 9.10. The Labute approximate surface area is 116 Å². The molecule has 0 saturated heterocycles. The lowest BCUT2D eigenvalue weighted by Crippen LogP contribution is -2.22. The third-order valence-corrected chi connectivity index (χ3v) is 3.30. The summed E-state index contributed by atoms with van der Waals surface area (Å²) < 4.78 is 0. The maximum atomic E-state index is 9.10. The molecule has 5 nitrogen and oxygen atoms in total. The van der Waals surface area contributed by atoms with Gasteiger partial charge in [-0.15, -0.1) is 0 Å². The van der Waals surface area contributed by atoms with Crippen LogP contribution in [-0.2, 0) is 9.59 Å². The Kier molecular flexibility index (Phi) is 5.79. The van der Waals surface area contributed by atoms with Gasteiger partial charge in [0.25, 0.3) is 0 Å². The smallest absolute Gasteiger partial charge is 0.414 e. The number of carboxylic acid groups (broad SMARTS) is 2. The van der Waals surface area contributed by atoms with E-state index >= 15 is 0 Å². The Balaban J connectivity index is 0.000000258. The minimum Gasteiger partial charge on any atom is -0.473 e. The van der Waals surface area contributed by atoms with Crippen molar-refractivity contribution < 1.29 is 19.8 Å². The summed E-state index contributed by atoms with van der Waals surface area (Å²) in [5, 5.41) is 15.6. The summed E-state index contributed by atoms with van der Waals surface area (Å²) in [7, 11) is 0. The van der Waals surface area contributed by atoms with Gasteiger partial charge in [-0.25, -0.2) is 9.59 Å². The van der Waals surface area contributed by atoms with Crippen LogP contribution in [0.2, 0.25) is 5.02 Å². The fraction of sp³-hybridized carbons (Fsp3) is 0.385. The van der Waals surface area contributed by atoms with Crippen molar-refractivity contribution in [2.45, 2.75) is 31.2 Å². The lowest BCUT2D eigenvalue weighted by Gasteiger charge is -2.15. The van der Waals surface area contributed by atoms with Crippen molar-refractivity contribution in [1.29, 1.82) is 0 Å². The van der Waals surface area contributed by atoms with Crippen LogP contribution in [0.3, 0.4) is 0 Å². The van der Waals surface area contributed by atoms with E-state index in [-0.39, 0.29) is 0 Å². The van der Waals surface area contributed by atoms with Crippen LogP contribution in [0.1, 0.15) is 30.7 Å². The van der Waals surface area contributed by atoms with Gasteiger partial charge >= 0.3 is 11.9 Å². The third-order valence-electron chi connectivity index (χ3n) is 3.05. The van der Waals surface area contributed by atoms with Gasteiger partial charge in [-0.1, -0.05) is 30.2 Å². The highest BCUT2D eigenvalue weighted by atomic mass is 35.5. The predicted molar refractivity (Wildman–Crippen MR) is 71.3 cm³/mol. The third kappa shape index (κ3) is 4.89. The zero-order valence-corrected chi connectivity index (χ0v) is 11.0. The van der Waals surface area contributed by atoms with Crippen LogP contribution in [0.25, 0.3) is 0 Å². The summed E-state index contributed by atoms with van der Waals surface area (Å²) in [4.78, 5) is 18.2. The van der Waals surface area contributed by atoms with E-state index in [0.717, 1.165) is 11.4 Å². The normalized spacial score (nSPS) is 21.4. The van der Waals surface area contributed by atoms with Gasteiger partial charge in [-0.05, 0) is 36.5 Å². The van der Waals surface area contributed by atoms with Gasteiger partial charge in [-0.2, -0.15) is 0 Å². The number of halogens is 1. The number of nitrogens with two attached hydrogens (primary N) is 1. The molecule has 0 heterocycles. The summed E-state index contributed by atoms with van der Waals surface area (Å²) in [5.74, 6) is -3.10. The fourth-order valence-corrected chi connectivity index (χ4v) is 2.24. The molecule has 1 aliphatic rings. The van der Waals surface area contributed by atoms with E-state index in [1.165, 1.54) is 18.4 Å². The van der Waals surface area contributed by atoms with Gasteiger partial charge in [0.2, 0.25) is 0 Å². The Morgan fingerprint density at radius 3 is 2.00 bits per heavy atom. The quantitative estimate of drug-likeness (QED) is 0.686. The fourth-order valence-electron chi connectivity index (χ4n) is 2.11. The van der Waals surface area contributed by atoms with Crippen LogP contribution in [0.4, 0.5) is 0 Å². The zero-order chi connectivity index (χ0) is 14.4. The van der Waals surface area contributed by atoms with E-state index in [1.807, 2.05) is 12.1 Å². The highest BCUT2D eigenvalue weighted by Crippen LogP contribution is 2.33. The highest BCUT2D eigenvalue weighted by Gasteiger charge is 2.24. The molecule has 104 valence electrons. The van der Waals surface area contributed by atoms with Crippen LogP contribution in [0, 0.1) is 0 Å². The minimum atomic E-state index is -1.82. The van der Waals surface area contributed by atoms with Crippen molar-refractivity contribution in [3.63, 3.8) is 0 Å². The molecule has 1 fully saturated rings. The maximum Gasteiger partial charge on any atom is 0.414 e. The van der Waals surface area contributed by atoms with Gasteiger partial charge in [0.15, 0.2) is 0 Å². The number of benzene rings is 1. The Morgan fingerprint density at radius 2 is 1.63 bits per heavy atom. The number of hydrogen-bond donors (Lipinski definition) is 3. The summed E-state index contributed by atoms with van der Waals surface area (Å²) in [6, 6.07) is 8.43. The molecule has 0 aromatic heterocycles. The van der Waals surface area contributed by atoms with Gasteiger partial charge in [0.05, 0.1) is 0 Å². The zero-order valence-electron chi connectivity index (χ0n) is 10.3. The molecule has 4 N–H and O–H groups in total. The molecule has 1 aromatic carbocycles. The van der Waals surface area contributed by atoms with Crippen molar-refractivity contribution in [1.82, 2.24) is 0 Å². The van der Waals surface area contributed by atoms with Crippen LogP contribution >= 0.6 is 11.6 Å². The van der Waals surface area contributed by atoms with E-state index in [2.05, 4.69) is 12.1 Å². The number of carboxylic acids is 2. The number of rotatable bonds is 1. The molecule has 0 spiro atoms. The molecular formula is C13H16ClNO4. The van der Waals surface area contributed by atoms with E-state index in [0.29, 0.717) is 12.0 Å². The second-order valence-corrected chi connectivity index (χ2v) is 4.80. The molecule has 0 radical (unpaired) electrons. The predicted octanol–water partition coefficient (Wildman–Crippen LogP) is 2.09. The van der Waals surface area contributed by atoms with Gasteiger partial charge in [0, 0.05) is 11.1 Å². The van der Waals surface area contributed by atoms with Crippen molar-refractivity contribution in [2.75, 3.05) is 0 Å². The second kappa shape index (κ2) is 7.11. The number of aliphatic carboxylic acids is 2. The molecule has 19 heavy (non-hydrogen) atoms. The van der Waals surface area contributed by atoms with E-state index in [9.17, 15) is 0 Å². The Hall–Kier alpha value is -1.59. The first kappa shape index (κ1) is 15.5. The molecule has 0 aliphatic heterocycles. The second-order valence-electron chi connectivity index (χ2n) is 4.36. The van der Waals surface area contributed by atoms with Crippen LogP contribution in [0.15, 0.2) is 24.3 Å². The Morgan fingerprint density at radius 1 is 1.11 bits per heavy atom. The molecule has 2 unspecified atom stereocenters. The van der Waals surface area contributed by atoms with E-state index in [1.54, 1.807) is 0 Å². The molecule has 1 aromatic rings. The summed E-state index contributed by atoms with van der Waals surface area (Å²) in [5.41, 5.74) is 7.36. The van der Waals surface area contributed by atoms with Crippen LogP contribution < -0.4 is 5.73 Å². The molecule has 0 amide bonds. The van der Waals surface area contributed by atoms with Gasteiger partial charge in [-0.3, -0.25) is 0 Å². The number of carbonyl (C=O) groups is 2. The molecule has 2 atom stereocenters. The summed E-state index contributed by atoms with van der Waals surface area (Å²) >= 11 is 5.82. The molecule has 6 heteroatoms. The average Bonchev–Trinajstić information content (AvgIpc) is 2.77. The topological polar surface area (TPSA) is 101 Å². The molecule has 1 saturated carbocycles. The van der Waals surface area contributed by atoms with Crippen molar-refractivity contribution in [2.24, 2.45) is 5.73 Å². The highest BCUT2D eigenvalue weighted by molar-refractivity contribution is 6.30. The van der Waals surface area contributed by atoms with Gasteiger partial charge in [0.1, 0.15) is 0 Å². The van der Waals surface area contributed by atoms with E-state index in [4.69, 9.17) is 37.1 Å². The lowest BCUT2D eigenvalue weighted by molar-refractivity contribution is -0.159. The first-order valence-corrected chi connectivity index (χ1v) is 6.27. The summed E-state index contributed by atoms with van der Waals surface area (Å²) in [6.45, 7) is 0. The summed E-state index contributed by atoms with van der Waals surface area (Å²) in [6.07, 6.45) is 3.64.